The van der Waals surface area contributed by atoms with E-state index in [1.54, 1.807) is 4.90 Å². The van der Waals surface area contributed by atoms with Crippen LogP contribution in [0.5, 0.6) is 0 Å². The summed E-state index contributed by atoms with van der Waals surface area (Å²) in [5.41, 5.74) is 5.69. The van der Waals surface area contributed by atoms with Crippen LogP contribution in [0.25, 0.3) is 0 Å². The zero-order valence-corrected chi connectivity index (χ0v) is 11.0. The quantitative estimate of drug-likeness (QED) is 0.896. The summed E-state index contributed by atoms with van der Waals surface area (Å²) in [5.74, 6) is -0.553. The molecule has 2 atom stereocenters. The molecule has 2 N–H and O–H groups in total. The molecule has 1 aromatic carbocycles. The molecule has 1 saturated heterocycles. The van der Waals surface area contributed by atoms with Gasteiger partial charge in [0, 0.05) is 17.6 Å². The number of hydrogen-bond donors (Lipinski definition) is 1. The second-order valence-electron chi connectivity index (χ2n) is 4.77. The van der Waals surface area contributed by atoms with Gasteiger partial charge in [0.05, 0.1) is 5.56 Å². The van der Waals surface area contributed by atoms with E-state index in [0.29, 0.717) is 24.0 Å². The van der Waals surface area contributed by atoms with E-state index in [4.69, 9.17) is 17.3 Å². The van der Waals surface area contributed by atoms with Crippen LogP contribution in [-0.2, 0) is 0 Å². The average Bonchev–Trinajstić information content (AvgIpc) is 2.70. The van der Waals surface area contributed by atoms with Gasteiger partial charge < -0.3 is 10.6 Å². The predicted molar refractivity (Wildman–Crippen MR) is 69.1 cm³/mol. The molecule has 0 spiro atoms. The van der Waals surface area contributed by atoms with Crippen molar-refractivity contribution in [2.45, 2.75) is 19.4 Å². The number of nitrogens with zero attached hydrogens (tertiary/aromatic N) is 1. The van der Waals surface area contributed by atoms with Gasteiger partial charge in [-0.05, 0) is 44.0 Å². The summed E-state index contributed by atoms with van der Waals surface area (Å²) in [4.78, 5) is 13.9. The molecule has 0 aliphatic carbocycles. The van der Waals surface area contributed by atoms with Crippen LogP contribution in [0.1, 0.15) is 23.7 Å². The van der Waals surface area contributed by atoms with E-state index in [2.05, 4.69) is 0 Å². The van der Waals surface area contributed by atoms with Crippen molar-refractivity contribution in [1.82, 2.24) is 4.90 Å². The maximum absolute atomic E-state index is 13.7. The van der Waals surface area contributed by atoms with E-state index in [0.717, 1.165) is 12.5 Å². The van der Waals surface area contributed by atoms with Gasteiger partial charge in [0.1, 0.15) is 5.82 Å². The van der Waals surface area contributed by atoms with Gasteiger partial charge >= 0.3 is 0 Å². The molecule has 3 nitrogen and oxygen atoms in total. The second kappa shape index (κ2) is 5.24. The molecule has 1 heterocycles. The molecular weight excluding hydrogens is 255 g/mol. The van der Waals surface area contributed by atoms with E-state index in [9.17, 15) is 9.18 Å². The molecule has 1 aliphatic rings. The number of amides is 1. The molecule has 18 heavy (non-hydrogen) atoms. The summed E-state index contributed by atoms with van der Waals surface area (Å²) >= 11 is 5.67. The molecular formula is C13H16ClFN2O. The van der Waals surface area contributed by atoms with E-state index < -0.39 is 5.82 Å². The van der Waals surface area contributed by atoms with E-state index in [-0.39, 0.29) is 17.5 Å². The lowest BCUT2D eigenvalue weighted by Gasteiger charge is -2.21. The number of nitrogens with two attached hydrogens (primary N) is 1. The van der Waals surface area contributed by atoms with Crippen molar-refractivity contribution in [3.05, 3.63) is 34.6 Å². The third kappa shape index (κ3) is 2.49. The van der Waals surface area contributed by atoms with Gasteiger partial charge in [0.15, 0.2) is 0 Å². The average molecular weight is 271 g/mol. The zero-order chi connectivity index (χ0) is 13.3. The first kappa shape index (κ1) is 13.3. The van der Waals surface area contributed by atoms with Crippen molar-refractivity contribution >= 4 is 17.5 Å². The monoisotopic (exact) mass is 270 g/mol. The Bertz CT molecular complexity index is 466. The molecule has 2 rings (SSSR count). The predicted octanol–water partition coefficient (Wildman–Crippen LogP) is 2.29. The molecule has 0 aromatic heterocycles. The fraction of sp³-hybridized carbons (Fsp3) is 0.462. The topological polar surface area (TPSA) is 46.3 Å². The minimum Gasteiger partial charge on any atom is -0.336 e. The first-order valence-electron chi connectivity index (χ1n) is 5.99. The largest absolute Gasteiger partial charge is 0.336 e. The zero-order valence-electron chi connectivity index (χ0n) is 10.2. The lowest BCUT2D eigenvalue weighted by Crippen LogP contribution is -2.35. The van der Waals surface area contributed by atoms with Gasteiger partial charge in [-0.25, -0.2) is 4.39 Å². The van der Waals surface area contributed by atoms with Crippen molar-refractivity contribution < 1.29 is 9.18 Å². The van der Waals surface area contributed by atoms with Crippen LogP contribution in [0.15, 0.2) is 18.2 Å². The summed E-state index contributed by atoms with van der Waals surface area (Å²) in [6, 6.07) is 4.22. The fourth-order valence-corrected chi connectivity index (χ4v) is 2.57. The van der Waals surface area contributed by atoms with Crippen LogP contribution in [0, 0.1) is 11.7 Å². The maximum atomic E-state index is 13.7. The third-order valence-electron chi connectivity index (χ3n) is 3.42. The number of likely N-dealkylation sites (tertiary alicyclic amines) is 1. The van der Waals surface area contributed by atoms with Crippen LogP contribution < -0.4 is 5.73 Å². The molecule has 1 aromatic rings. The lowest BCUT2D eigenvalue weighted by molar-refractivity contribution is 0.0738. The minimum absolute atomic E-state index is 0.0731. The highest BCUT2D eigenvalue weighted by molar-refractivity contribution is 6.30. The van der Waals surface area contributed by atoms with Crippen molar-refractivity contribution in [2.75, 3.05) is 13.1 Å². The van der Waals surface area contributed by atoms with Crippen LogP contribution >= 0.6 is 11.6 Å². The Balaban J connectivity index is 2.21. The standard InChI is InChI=1S/C13H16ClFN2O/c1-8-4-9(6-16)7-17(8)13(18)11-3-2-10(14)5-12(11)15/h2-3,5,8-9H,4,6-7,16H2,1H3. The van der Waals surface area contributed by atoms with Gasteiger partial charge in [-0.3, -0.25) is 4.79 Å². The summed E-state index contributed by atoms with van der Waals surface area (Å²) in [5, 5.41) is 0.290. The van der Waals surface area contributed by atoms with Crippen LogP contribution in [0.2, 0.25) is 5.02 Å². The van der Waals surface area contributed by atoms with Gasteiger partial charge in [-0.2, -0.15) is 0 Å². The van der Waals surface area contributed by atoms with Gasteiger partial charge in [-0.15, -0.1) is 0 Å². The second-order valence-corrected chi connectivity index (χ2v) is 5.20. The summed E-state index contributed by atoms with van der Waals surface area (Å²) < 4.78 is 13.7. The molecule has 0 radical (unpaired) electrons. The molecule has 5 heteroatoms. The molecule has 0 bridgehead atoms. The number of carbonyl (C=O) groups excluding carboxylic acids is 1. The summed E-state index contributed by atoms with van der Waals surface area (Å²) in [6.07, 6.45) is 0.872. The van der Waals surface area contributed by atoms with Gasteiger partial charge in [0.2, 0.25) is 0 Å². The van der Waals surface area contributed by atoms with Crippen LogP contribution in [0.3, 0.4) is 0 Å². The molecule has 98 valence electrons. The number of carbonyl (C=O) groups is 1. The fourth-order valence-electron chi connectivity index (χ4n) is 2.41. The smallest absolute Gasteiger partial charge is 0.257 e. The highest BCUT2D eigenvalue weighted by atomic mass is 35.5. The minimum atomic E-state index is -0.573. The highest BCUT2D eigenvalue weighted by Gasteiger charge is 2.33. The molecule has 2 unspecified atom stereocenters. The summed E-state index contributed by atoms with van der Waals surface area (Å²) in [6.45, 7) is 3.11. The number of hydrogen-bond acceptors (Lipinski definition) is 2. The maximum Gasteiger partial charge on any atom is 0.257 e. The normalized spacial score (nSPS) is 23.4. The van der Waals surface area contributed by atoms with Crippen molar-refractivity contribution in [2.24, 2.45) is 11.7 Å². The van der Waals surface area contributed by atoms with Crippen LogP contribution in [-0.4, -0.2) is 29.9 Å². The Morgan fingerprint density at radius 1 is 1.61 bits per heavy atom. The van der Waals surface area contributed by atoms with E-state index in [1.807, 2.05) is 6.92 Å². The molecule has 0 saturated carbocycles. The Morgan fingerprint density at radius 3 is 2.89 bits per heavy atom. The van der Waals surface area contributed by atoms with Gasteiger partial charge in [0.25, 0.3) is 5.91 Å². The Kier molecular flexibility index (Phi) is 3.88. The molecule has 1 aliphatic heterocycles. The third-order valence-corrected chi connectivity index (χ3v) is 3.65. The summed E-state index contributed by atoms with van der Waals surface area (Å²) in [7, 11) is 0. The number of rotatable bonds is 2. The molecule has 1 fully saturated rings. The van der Waals surface area contributed by atoms with Crippen molar-refractivity contribution in [1.29, 1.82) is 0 Å². The number of halogens is 2. The Hall–Kier alpha value is -1.13. The van der Waals surface area contributed by atoms with Crippen molar-refractivity contribution in [3.63, 3.8) is 0 Å². The van der Waals surface area contributed by atoms with Crippen LogP contribution in [0.4, 0.5) is 4.39 Å². The van der Waals surface area contributed by atoms with E-state index >= 15 is 0 Å². The highest BCUT2D eigenvalue weighted by Crippen LogP contribution is 2.25. The first-order valence-corrected chi connectivity index (χ1v) is 6.36. The molecule has 1 amide bonds. The van der Waals surface area contributed by atoms with Gasteiger partial charge in [-0.1, -0.05) is 11.6 Å². The first-order chi connectivity index (χ1) is 8.52. The Morgan fingerprint density at radius 2 is 2.33 bits per heavy atom. The number of benzene rings is 1. The Labute approximate surface area is 111 Å². The SMILES string of the molecule is CC1CC(CN)CN1C(=O)c1ccc(Cl)cc1F. The van der Waals surface area contributed by atoms with E-state index in [1.165, 1.54) is 12.1 Å². The van der Waals surface area contributed by atoms with Crippen molar-refractivity contribution in [3.8, 4) is 0 Å². The lowest BCUT2D eigenvalue weighted by atomic mass is 10.1.